The van der Waals surface area contributed by atoms with Crippen LogP contribution < -0.4 is 9.80 Å². The average molecular weight is 1540 g/mol. The molecular weight excluding hydrogens is 1450 g/mol. The lowest BCUT2D eigenvalue weighted by atomic mass is 9.62. The second-order valence-electron chi connectivity index (χ2n) is 30.8. The SMILES string of the molecule is C=CCc1cccc(N(c2ccc(-c3ccc(N(c4ccccc4C(c4ccccc4)(c4ccccc4)c4ccccc4)c4cccc(CC=C)c4C(c4ccccc4)(c4ccccc4)c4ccccc4)cc3)cc2)c2ccccc2C(c2ccccc2)(c2ccccc2)c2ccccc2)c1C(c1ccccc1)(c1ccccc1)c1ccccc1. The standard InChI is InChI=1S/C118H92N2/c1-3-47-91-49-45-79-111(113(91)117(99-63-29-11-30-64-99,100-65-31-12-32-66-100)101-67-33-13-34-68-101)119(109-77-43-41-75-107(109)115(93-51-17-5-18-52-93,94-53-19-6-20-54-94)95-55-21-7-22-56-95)105-85-81-89(82-86-105)90-83-87-106(88-84-90)120(110-78-44-42-76-108(110)116(96-57-23-8-24-58-96,97-59-25-9-26-60-97)98-61-27-10-28-62-98)112-80-46-50-92(48-4-2)114(112)118(102-69-35-14-36-70-102,103-71-37-15-38-72-103)104-73-39-16-40-74-104/h3-46,49-88H,1-2,47-48H2. The van der Waals surface area contributed by atoms with E-state index < -0.39 is 21.7 Å². The van der Waals surface area contributed by atoms with Crippen molar-refractivity contribution in [3.63, 3.8) is 0 Å². The van der Waals surface area contributed by atoms with Crippen LogP contribution in [0.2, 0.25) is 0 Å². The van der Waals surface area contributed by atoms with Gasteiger partial charge in [0.1, 0.15) is 0 Å². The Labute approximate surface area is 707 Å². The first-order chi connectivity index (χ1) is 59.5. The maximum Gasteiger partial charge on any atom is 0.0724 e. The second-order valence-corrected chi connectivity index (χ2v) is 30.8. The van der Waals surface area contributed by atoms with Crippen LogP contribution in [0, 0.1) is 0 Å². The summed E-state index contributed by atoms with van der Waals surface area (Å²) < 4.78 is 0. The predicted molar refractivity (Wildman–Crippen MR) is 502 cm³/mol. The number of para-hydroxylation sites is 2. The topological polar surface area (TPSA) is 6.48 Å². The van der Waals surface area contributed by atoms with E-state index in [4.69, 9.17) is 0 Å². The van der Waals surface area contributed by atoms with Gasteiger partial charge in [-0.3, -0.25) is 0 Å². The largest absolute Gasteiger partial charge is 0.310 e. The van der Waals surface area contributed by atoms with Gasteiger partial charge in [-0.05, 0) is 173 Å². The van der Waals surface area contributed by atoms with Crippen molar-refractivity contribution in [2.75, 3.05) is 9.80 Å². The van der Waals surface area contributed by atoms with E-state index in [-0.39, 0.29) is 0 Å². The van der Waals surface area contributed by atoms with Gasteiger partial charge in [0.25, 0.3) is 0 Å². The first-order valence-corrected chi connectivity index (χ1v) is 41.6. The summed E-state index contributed by atoms with van der Waals surface area (Å²) in [4.78, 5) is 5.15. The first kappa shape index (κ1) is 76.3. The van der Waals surface area contributed by atoms with Crippen LogP contribution in [-0.4, -0.2) is 0 Å². The third-order valence-electron chi connectivity index (χ3n) is 24.4. The number of nitrogens with zero attached hydrogens (tertiary/aromatic N) is 2. The van der Waals surface area contributed by atoms with Crippen LogP contribution in [0.4, 0.5) is 34.1 Å². The number of hydrogen-bond donors (Lipinski definition) is 0. The molecule has 2 heteroatoms. The van der Waals surface area contributed by atoms with Crippen LogP contribution in [0.5, 0.6) is 0 Å². The van der Waals surface area contributed by atoms with Gasteiger partial charge in [0.05, 0.1) is 44.4 Å². The van der Waals surface area contributed by atoms with Gasteiger partial charge in [-0.1, -0.05) is 461 Å². The highest BCUT2D eigenvalue weighted by Gasteiger charge is 2.48. The molecule has 0 saturated heterocycles. The molecule has 0 aliphatic rings. The fourth-order valence-electron chi connectivity index (χ4n) is 19.5. The lowest BCUT2D eigenvalue weighted by Gasteiger charge is -2.43. The minimum Gasteiger partial charge on any atom is -0.310 e. The van der Waals surface area contributed by atoms with E-state index in [0.717, 1.165) is 145 Å². The molecule has 0 atom stereocenters. The molecular formula is C118H92N2. The molecule has 0 aliphatic carbocycles. The Morgan fingerprint density at radius 1 is 0.175 bits per heavy atom. The van der Waals surface area contributed by atoms with Crippen LogP contribution in [0.15, 0.2) is 523 Å². The van der Waals surface area contributed by atoms with Crippen LogP contribution >= 0.6 is 0 Å². The second kappa shape index (κ2) is 34.5. The molecule has 0 bridgehead atoms. The maximum absolute atomic E-state index is 4.51. The summed E-state index contributed by atoms with van der Waals surface area (Å²) in [5.74, 6) is 0. The molecule has 0 fully saturated rings. The highest BCUT2D eigenvalue weighted by atomic mass is 15.2. The van der Waals surface area contributed by atoms with E-state index in [9.17, 15) is 0 Å². The Bertz CT molecular complexity index is 5640. The maximum atomic E-state index is 4.51. The van der Waals surface area contributed by atoms with E-state index in [1.165, 1.54) is 0 Å². The zero-order chi connectivity index (χ0) is 81.0. The Kier molecular flexibility index (Phi) is 21.9. The number of benzene rings is 18. The van der Waals surface area contributed by atoms with Gasteiger partial charge in [-0.2, -0.15) is 0 Å². The van der Waals surface area contributed by atoms with E-state index in [1.54, 1.807) is 0 Å². The van der Waals surface area contributed by atoms with Gasteiger partial charge in [0.2, 0.25) is 0 Å². The molecule has 574 valence electrons. The van der Waals surface area contributed by atoms with E-state index in [1.807, 2.05) is 0 Å². The molecule has 0 aliphatic heterocycles. The summed E-state index contributed by atoms with van der Waals surface area (Å²) in [7, 11) is 0. The van der Waals surface area contributed by atoms with Crippen LogP contribution in [0.25, 0.3) is 11.1 Å². The van der Waals surface area contributed by atoms with Crippen molar-refractivity contribution in [1.29, 1.82) is 0 Å². The van der Waals surface area contributed by atoms with Gasteiger partial charge in [-0.25, -0.2) is 0 Å². The third kappa shape index (κ3) is 13.6. The smallest absolute Gasteiger partial charge is 0.0724 e. The molecule has 18 aromatic carbocycles. The third-order valence-corrected chi connectivity index (χ3v) is 24.4. The van der Waals surface area contributed by atoms with Crippen LogP contribution in [0.1, 0.15) is 100 Å². The first-order valence-electron chi connectivity index (χ1n) is 41.6. The normalized spacial score (nSPS) is 11.6. The van der Waals surface area contributed by atoms with Crippen molar-refractivity contribution in [2.45, 2.75) is 34.5 Å². The predicted octanol–water partition coefficient (Wildman–Crippen LogP) is 29.3. The minimum absolute atomic E-state index is 0.607. The minimum atomic E-state index is -0.872. The molecule has 0 aromatic heterocycles. The molecule has 0 saturated carbocycles. The Morgan fingerprint density at radius 3 is 0.567 bits per heavy atom. The molecule has 0 unspecified atom stereocenters. The van der Waals surface area contributed by atoms with Crippen molar-refractivity contribution in [3.8, 4) is 11.1 Å². The fourth-order valence-corrected chi connectivity index (χ4v) is 19.5. The van der Waals surface area contributed by atoms with Crippen molar-refractivity contribution in [1.82, 2.24) is 0 Å². The van der Waals surface area contributed by atoms with Crippen molar-refractivity contribution in [3.05, 3.63) is 623 Å². The Hall–Kier alpha value is -15.0. The van der Waals surface area contributed by atoms with E-state index in [0.29, 0.717) is 12.8 Å². The van der Waals surface area contributed by atoms with Crippen LogP contribution in [-0.2, 0) is 34.5 Å². The lowest BCUT2D eigenvalue weighted by molar-refractivity contribution is 0.731. The molecule has 18 rings (SSSR count). The van der Waals surface area contributed by atoms with E-state index >= 15 is 0 Å². The summed E-state index contributed by atoms with van der Waals surface area (Å²) in [6.45, 7) is 9.01. The molecule has 18 aromatic rings. The monoisotopic (exact) mass is 1540 g/mol. The molecule has 0 radical (unpaired) electrons. The molecule has 0 heterocycles. The highest BCUT2D eigenvalue weighted by molar-refractivity contribution is 5.90. The Balaban J connectivity index is 0.896. The van der Waals surface area contributed by atoms with Gasteiger partial charge in [0.15, 0.2) is 0 Å². The summed E-state index contributed by atoms with van der Waals surface area (Å²) in [6, 6.07) is 184. The zero-order valence-electron chi connectivity index (χ0n) is 67.2. The molecule has 0 N–H and O–H groups in total. The molecule has 0 amide bonds. The van der Waals surface area contributed by atoms with Crippen molar-refractivity contribution < 1.29 is 0 Å². The zero-order valence-corrected chi connectivity index (χ0v) is 67.2. The fraction of sp³-hybridized carbons (Fsp3) is 0.0508. The molecule has 2 nitrogen and oxygen atoms in total. The molecule has 0 spiro atoms. The van der Waals surface area contributed by atoms with Gasteiger partial charge < -0.3 is 9.80 Å². The highest BCUT2D eigenvalue weighted by Crippen LogP contribution is 2.59. The average Bonchev–Trinajstić information content (AvgIpc) is 0.711. The number of allylic oxidation sites excluding steroid dienone is 2. The number of anilines is 6. The quantitative estimate of drug-likeness (QED) is 0.0374. The van der Waals surface area contributed by atoms with Crippen molar-refractivity contribution in [2.24, 2.45) is 0 Å². The van der Waals surface area contributed by atoms with E-state index in [2.05, 4.69) is 533 Å². The molecule has 120 heavy (non-hydrogen) atoms. The number of rotatable bonds is 27. The summed E-state index contributed by atoms with van der Waals surface area (Å²) >= 11 is 0. The van der Waals surface area contributed by atoms with Gasteiger partial charge in [-0.15, -0.1) is 13.2 Å². The Morgan fingerprint density at radius 2 is 0.358 bits per heavy atom. The van der Waals surface area contributed by atoms with Crippen molar-refractivity contribution >= 4 is 34.1 Å². The number of hydrogen-bond acceptors (Lipinski definition) is 2. The van der Waals surface area contributed by atoms with Gasteiger partial charge in [0, 0.05) is 11.4 Å². The van der Waals surface area contributed by atoms with Crippen LogP contribution in [0.3, 0.4) is 0 Å². The summed E-state index contributed by atoms with van der Waals surface area (Å²) in [6.07, 6.45) is 5.35. The summed E-state index contributed by atoms with van der Waals surface area (Å²) in [5.41, 5.74) is 25.4. The van der Waals surface area contributed by atoms with Gasteiger partial charge >= 0.3 is 0 Å². The lowest BCUT2D eigenvalue weighted by Crippen LogP contribution is -2.35. The summed E-state index contributed by atoms with van der Waals surface area (Å²) in [5, 5.41) is 0.